The van der Waals surface area contributed by atoms with E-state index in [0.717, 1.165) is 22.3 Å². The van der Waals surface area contributed by atoms with Gasteiger partial charge in [-0.05, 0) is 54.2 Å². The molecule has 0 spiro atoms. The van der Waals surface area contributed by atoms with E-state index >= 15 is 0 Å². The first kappa shape index (κ1) is 32.3. The van der Waals surface area contributed by atoms with Gasteiger partial charge in [0.25, 0.3) is 0 Å². The first-order valence-electron chi connectivity index (χ1n) is 15.1. The van der Waals surface area contributed by atoms with Gasteiger partial charge in [0.15, 0.2) is 0 Å². The van der Waals surface area contributed by atoms with Crippen molar-refractivity contribution >= 4 is 23.6 Å². The fraction of sp³-hybridized carbons (Fsp3) is 0.371. The van der Waals surface area contributed by atoms with Gasteiger partial charge in [-0.3, -0.25) is 19.2 Å². The molecular formula is C35H42N4O5. The molecule has 0 aromatic heterocycles. The second-order valence-corrected chi connectivity index (χ2v) is 11.2. The molecule has 9 heteroatoms. The molecule has 9 nitrogen and oxygen atoms in total. The molecule has 1 aliphatic heterocycles. The van der Waals surface area contributed by atoms with Crippen LogP contribution in [-0.4, -0.2) is 79.3 Å². The second kappa shape index (κ2) is 15.7. The Hall–Kier alpha value is -4.66. The molecule has 3 aromatic rings. The van der Waals surface area contributed by atoms with Crippen LogP contribution in [0.4, 0.5) is 0 Å². The number of nitrogens with zero attached hydrogens (tertiary/aromatic N) is 2. The van der Waals surface area contributed by atoms with Gasteiger partial charge in [0.05, 0.1) is 13.5 Å². The Morgan fingerprint density at radius 1 is 0.864 bits per heavy atom. The van der Waals surface area contributed by atoms with Gasteiger partial charge in [0, 0.05) is 39.5 Å². The van der Waals surface area contributed by atoms with Crippen LogP contribution in [-0.2, 0) is 32.0 Å². The maximum atomic E-state index is 13.5. The lowest BCUT2D eigenvalue weighted by molar-refractivity contribution is -0.141. The zero-order chi connectivity index (χ0) is 31.5. The summed E-state index contributed by atoms with van der Waals surface area (Å²) < 4.78 is 5.23. The third-order valence-corrected chi connectivity index (χ3v) is 8.05. The van der Waals surface area contributed by atoms with Gasteiger partial charge in [0.1, 0.15) is 17.8 Å². The highest BCUT2D eigenvalue weighted by atomic mass is 16.5. The molecule has 2 atom stereocenters. The smallest absolute Gasteiger partial charge is 0.245 e. The molecule has 0 saturated carbocycles. The van der Waals surface area contributed by atoms with Gasteiger partial charge >= 0.3 is 0 Å². The van der Waals surface area contributed by atoms with Crippen LogP contribution in [0.25, 0.3) is 11.1 Å². The van der Waals surface area contributed by atoms with E-state index in [2.05, 4.69) is 10.6 Å². The van der Waals surface area contributed by atoms with Crippen LogP contribution in [0.15, 0.2) is 78.9 Å². The normalized spacial score (nSPS) is 18.9. The molecule has 1 heterocycles. The third-order valence-electron chi connectivity index (χ3n) is 8.05. The number of amides is 4. The second-order valence-electron chi connectivity index (χ2n) is 11.2. The zero-order valence-electron chi connectivity index (χ0n) is 25.8. The monoisotopic (exact) mass is 598 g/mol. The average Bonchev–Trinajstić information content (AvgIpc) is 3.05. The predicted octanol–water partition coefficient (Wildman–Crippen LogP) is 3.61. The van der Waals surface area contributed by atoms with Crippen LogP contribution in [0.5, 0.6) is 5.75 Å². The van der Waals surface area contributed by atoms with Crippen LogP contribution in [0.1, 0.15) is 37.3 Å². The van der Waals surface area contributed by atoms with Gasteiger partial charge in [-0.2, -0.15) is 0 Å². The van der Waals surface area contributed by atoms with Gasteiger partial charge in [-0.15, -0.1) is 0 Å². The summed E-state index contributed by atoms with van der Waals surface area (Å²) in [6, 6.07) is 23.8. The van der Waals surface area contributed by atoms with Crippen molar-refractivity contribution in [3.8, 4) is 16.9 Å². The van der Waals surface area contributed by atoms with Crippen LogP contribution >= 0.6 is 0 Å². The number of carbonyl (C=O) groups is 4. The van der Waals surface area contributed by atoms with Crippen LogP contribution in [0.3, 0.4) is 0 Å². The Morgan fingerprint density at radius 3 is 2.18 bits per heavy atom. The fourth-order valence-corrected chi connectivity index (χ4v) is 5.23. The van der Waals surface area contributed by atoms with Crippen LogP contribution in [0.2, 0.25) is 0 Å². The summed E-state index contributed by atoms with van der Waals surface area (Å²) in [5, 5.41) is 5.78. The summed E-state index contributed by atoms with van der Waals surface area (Å²) in [5.74, 6) is -0.254. The highest BCUT2D eigenvalue weighted by molar-refractivity contribution is 5.92. The van der Waals surface area contributed by atoms with Crippen LogP contribution in [0, 0.1) is 0 Å². The highest BCUT2D eigenvalue weighted by Gasteiger charge is 2.30. The van der Waals surface area contributed by atoms with Crippen molar-refractivity contribution in [2.45, 2.75) is 51.1 Å². The Kier molecular flexibility index (Phi) is 11.5. The molecule has 1 aliphatic rings. The van der Waals surface area contributed by atoms with Gasteiger partial charge in [-0.1, -0.05) is 66.7 Å². The van der Waals surface area contributed by atoms with E-state index in [1.165, 1.54) is 4.90 Å². The van der Waals surface area contributed by atoms with Crippen molar-refractivity contribution in [1.82, 2.24) is 20.4 Å². The first-order chi connectivity index (χ1) is 21.2. The first-order valence-corrected chi connectivity index (χ1v) is 15.1. The number of hydrogen-bond donors (Lipinski definition) is 2. The Morgan fingerprint density at radius 2 is 1.50 bits per heavy atom. The van der Waals surface area contributed by atoms with E-state index < -0.39 is 12.1 Å². The summed E-state index contributed by atoms with van der Waals surface area (Å²) >= 11 is 0. The summed E-state index contributed by atoms with van der Waals surface area (Å²) in [5.41, 5.74) is 3.96. The number of benzene rings is 3. The molecule has 44 heavy (non-hydrogen) atoms. The molecule has 232 valence electrons. The molecule has 4 rings (SSSR count). The fourth-order valence-electron chi connectivity index (χ4n) is 5.23. The molecule has 1 saturated heterocycles. The topological polar surface area (TPSA) is 108 Å². The van der Waals surface area contributed by atoms with E-state index in [-0.39, 0.29) is 42.9 Å². The van der Waals surface area contributed by atoms with Crippen molar-refractivity contribution in [2.24, 2.45) is 0 Å². The lowest BCUT2D eigenvalue weighted by Crippen LogP contribution is -2.54. The lowest BCUT2D eigenvalue weighted by Gasteiger charge is -2.29. The number of hydrogen-bond acceptors (Lipinski definition) is 5. The maximum Gasteiger partial charge on any atom is 0.245 e. The largest absolute Gasteiger partial charge is 0.497 e. The molecular weight excluding hydrogens is 556 g/mol. The van der Waals surface area contributed by atoms with Crippen molar-refractivity contribution in [2.75, 3.05) is 33.8 Å². The highest BCUT2D eigenvalue weighted by Crippen LogP contribution is 2.20. The van der Waals surface area contributed by atoms with Crippen molar-refractivity contribution in [3.63, 3.8) is 0 Å². The van der Waals surface area contributed by atoms with E-state index in [1.54, 1.807) is 38.1 Å². The Bertz CT molecular complexity index is 1410. The number of rotatable bonds is 6. The number of nitrogens with one attached hydrogen (secondary N) is 2. The summed E-state index contributed by atoms with van der Waals surface area (Å²) in [7, 11) is 3.16. The van der Waals surface area contributed by atoms with E-state index in [0.29, 0.717) is 38.2 Å². The summed E-state index contributed by atoms with van der Waals surface area (Å²) in [6.07, 6.45) is 1.68. The minimum Gasteiger partial charge on any atom is -0.497 e. The van der Waals surface area contributed by atoms with Gasteiger partial charge < -0.3 is 25.2 Å². The minimum absolute atomic E-state index is 0.0332. The standard InChI is InChI=1S/C35H42N4O5/c1-25-34(42)36-20-8-22-39(33(41)24-27-12-16-29(17-13-27)28-9-5-4-6-10-28)21-7-11-32(40)37-31(35(43)38(25)2)23-26-14-18-30(44-3)19-15-26/h4-6,9-10,12-19,25,31H,7-8,11,20-24H2,1-3H3,(H,36,42)(H,37,40)/t25-,31-/m0/s1. The number of carbonyl (C=O) groups excluding carboxylic acids is 4. The molecule has 2 N–H and O–H groups in total. The SMILES string of the molecule is COc1ccc(C[C@@H]2NC(=O)CCCN(C(=O)Cc3ccc(-c4ccccc4)cc3)CCCNC(=O)[C@H](C)N(C)C2=O)cc1. The molecule has 0 radical (unpaired) electrons. The number of ether oxygens (including phenoxy) is 1. The molecule has 0 bridgehead atoms. The number of methoxy groups -OCH3 is 1. The van der Waals surface area contributed by atoms with E-state index in [1.807, 2.05) is 66.7 Å². The van der Waals surface area contributed by atoms with E-state index in [4.69, 9.17) is 4.74 Å². The predicted molar refractivity (Wildman–Crippen MR) is 170 cm³/mol. The molecule has 0 unspecified atom stereocenters. The van der Waals surface area contributed by atoms with Gasteiger partial charge in [0.2, 0.25) is 23.6 Å². The Labute approximate surface area is 259 Å². The molecule has 1 fully saturated rings. The maximum absolute atomic E-state index is 13.5. The Balaban J connectivity index is 1.44. The molecule has 4 amide bonds. The molecule has 3 aromatic carbocycles. The van der Waals surface area contributed by atoms with Crippen molar-refractivity contribution in [1.29, 1.82) is 0 Å². The quantitative estimate of drug-likeness (QED) is 0.451. The van der Waals surface area contributed by atoms with Crippen molar-refractivity contribution in [3.05, 3.63) is 90.0 Å². The number of likely N-dealkylation sites (N-methyl/N-ethyl adjacent to an activating group) is 1. The third kappa shape index (κ3) is 8.92. The summed E-state index contributed by atoms with van der Waals surface area (Å²) in [4.78, 5) is 56.0. The lowest BCUT2D eigenvalue weighted by atomic mass is 10.0. The van der Waals surface area contributed by atoms with Crippen LogP contribution < -0.4 is 15.4 Å². The minimum atomic E-state index is -0.849. The van der Waals surface area contributed by atoms with Gasteiger partial charge in [-0.25, -0.2) is 0 Å². The summed E-state index contributed by atoms with van der Waals surface area (Å²) in [6.45, 7) is 2.88. The average molecular weight is 599 g/mol. The molecule has 0 aliphatic carbocycles. The van der Waals surface area contributed by atoms with Crippen molar-refractivity contribution < 1.29 is 23.9 Å². The zero-order valence-corrected chi connectivity index (χ0v) is 25.8. The van der Waals surface area contributed by atoms with E-state index in [9.17, 15) is 19.2 Å².